The number of aromatic nitrogens is 2. The van der Waals surface area contributed by atoms with Gasteiger partial charge in [-0.1, -0.05) is 30.4 Å². The van der Waals surface area contributed by atoms with Crippen LogP contribution in [0.1, 0.15) is 64.2 Å². The highest BCUT2D eigenvalue weighted by Gasteiger charge is 2.37. The molecule has 254 valence electrons. The number of hydrogen-bond acceptors (Lipinski definition) is 7. The van der Waals surface area contributed by atoms with Crippen molar-refractivity contribution in [1.29, 1.82) is 0 Å². The third kappa shape index (κ3) is 6.94. The Morgan fingerprint density at radius 2 is 1.81 bits per heavy atom. The number of aryl methyl sites for hydroxylation is 1. The van der Waals surface area contributed by atoms with Gasteiger partial charge >= 0.3 is 5.97 Å². The minimum atomic E-state index is -1.23. The molecule has 3 aliphatic heterocycles. The molecule has 0 amide bonds. The maximum Gasteiger partial charge on any atom is 0.337 e. The number of hydrogen-bond donors (Lipinski definition) is 2. The van der Waals surface area contributed by atoms with Crippen LogP contribution in [0, 0.1) is 18.6 Å². The Morgan fingerprint density at radius 3 is 2.52 bits per heavy atom. The Labute approximate surface area is 278 Å². The van der Waals surface area contributed by atoms with Crippen molar-refractivity contribution in [3.63, 3.8) is 0 Å². The molecular formula is C37H42F2N4O5. The second-order valence-electron chi connectivity index (χ2n) is 13.8. The van der Waals surface area contributed by atoms with Crippen molar-refractivity contribution in [2.24, 2.45) is 5.73 Å². The molecule has 6 bridgehead atoms. The lowest BCUT2D eigenvalue weighted by Gasteiger charge is -2.41. The Morgan fingerprint density at radius 1 is 1.10 bits per heavy atom. The number of benzene rings is 2. The summed E-state index contributed by atoms with van der Waals surface area (Å²) in [5.41, 5.74) is 9.34. The van der Waals surface area contributed by atoms with E-state index in [1.54, 1.807) is 6.07 Å². The van der Waals surface area contributed by atoms with E-state index >= 15 is 0 Å². The Kier molecular flexibility index (Phi) is 9.06. The molecule has 0 saturated carbocycles. The molecule has 1 fully saturated rings. The summed E-state index contributed by atoms with van der Waals surface area (Å²) in [5, 5.41) is 10.5. The molecule has 9 nitrogen and oxygen atoms in total. The monoisotopic (exact) mass is 660 g/mol. The van der Waals surface area contributed by atoms with Crippen molar-refractivity contribution >= 4 is 17.4 Å². The van der Waals surface area contributed by atoms with E-state index < -0.39 is 41.1 Å². The van der Waals surface area contributed by atoms with Crippen LogP contribution in [0.15, 0.2) is 60.8 Å². The number of nitrogens with two attached hydrogens (primary N) is 1. The predicted molar refractivity (Wildman–Crippen MR) is 180 cm³/mol. The largest absolute Gasteiger partial charge is 0.479 e. The van der Waals surface area contributed by atoms with Gasteiger partial charge < -0.3 is 24.2 Å². The van der Waals surface area contributed by atoms with Crippen molar-refractivity contribution in [3.05, 3.63) is 83.6 Å². The smallest absolute Gasteiger partial charge is 0.337 e. The molecule has 48 heavy (non-hydrogen) atoms. The average Bonchev–Trinajstić information content (AvgIpc) is 3.44. The van der Waals surface area contributed by atoms with Crippen LogP contribution in [0.4, 0.5) is 14.6 Å². The fourth-order valence-corrected chi connectivity index (χ4v) is 6.41. The Bertz CT molecular complexity index is 1870. The highest BCUT2D eigenvalue weighted by Crippen LogP contribution is 2.40. The molecule has 5 heterocycles. The molecule has 2 aromatic carbocycles. The predicted octanol–water partition coefficient (Wildman–Crippen LogP) is 7.19. The summed E-state index contributed by atoms with van der Waals surface area (Å²) in [5.74, 6) is -2.30. The number of carbonyl (C=O) groups is 1. The molecule has 3 aliphatic rings. The minimum absolute atomic E-state index is 0.117. The molecule has 7 rings (SSSR count). The van der Waals surface area contributed by atoms with E-state index in [9.17, 15) is 18.7 Å². The number of halogens is 2. The first-order valence-electron chi connectivity index (χ1n) is 16.2. The van der Waals surface area contributed by atoms with Gasteiger partial charge in [-0.25, -0.2) is 18.6 Å². The SMILES string of the molecule is Cc1cc2nc3cn2c(c1[C@H](OC(C)(C)C)C(=O)O)N1CCC(C)(CC1)OC/C=C/C[C@H](N)Oc1cc(F)c(F)cc1-c1cccc-3c1. The molecule has 0 aliphatic carbocycles. The maximum absolute atomic E-state index is 14.6. The summed E-state index contributed by atoms with van der Waals surface area (Å²) in [6, 6.07) is 11.3. The quantitative estimate of drug-likeness (QED) is 0.222. The number of pyridine rings is 1. The van der Waals surface area contributed by atoms with E-state index in [0.29, 0.717) is 72.8 Å². The molecule has 4 aromatic rings. The Balaban J connectivity index is 1.55. The summed E-state index contributed by atoms with van der Waals surface area (Å²) >= 11 is 0. The number of rotatable bonds is 3. The van der Waals surface area contributed by atoms with Crippen molar-refractivity contribution in [1.82, 2.24) is 9.38 Å². The average molecular weight is 661 g/mol. The zero-order valence-corrected chi connectivity index (χ0v) is 27.9. The first kappa shape index (κ1) is 33.6. The van der Waals surface area contributed by atoms with E-state index in [2.05, 4.69) is 11.8 Å². The van der Waals surface area contributed by atoms with Crippen LogP contribution in [-0.2, 0) is 14.3 Å². The number of aliphatic carboxylic acids is 1. The number of imidazole rings is 1. The van der Waals surface area contributed by atoms with E-state index in [4.69, 9.17) is 24.9 Å². The zero-order chi connectivity index (χ0) is 34.4. The van der Waals surface area contributed by atoms with Crippen LogP contribution in [0.5, 0.6) is 5.75 Å². The molecular weight excluding hydrogens is 618 g/mol. The second kappa shape index (κ2) is 12.9. The van der Waals surface area contributed by atoms with Crippen LogP contribution in [0.25, 0.3) is 28.0 Å². The van der Waals surface area contributed by atoms with Gasteiger partial charge in [0.1, 0.15) is 17.2 Å². The summed E-state index contributed by atoms with van der Waals surface area (Å²) in [6.07, 6.45) is 5.34. The van der Waals surface area contributed by atoms with Gasteiger partial charge in [0.25, 0.3) is 0 Å². The second-order valence-corrected chi connectivity index (χ2v) is 13.8. The van der Waals surface area contributed by atoms with Crippen molar-refractivity contribution in [2.45, 2.75) is 77.4 Å². The van der Waals surface area contributed by atoms with Crippen molar-refractivity contribution < 1.29 is 32.9 Å². The molecule has 11 heteroatoms. The molecule has 3 N–H and O–H groups in total. The van der Waals surface area contributed by atoms with E-state index in [0.717, 1.165) is 23.3 Å². The number of carboxylic acids is 1. The first-order chi connectivity index (χ1) is 22.7. The third-order valence-corrected chi connectivity index (χ3v) is 8.88. The van der Waals surface area contributed by atoms with Crippen molar-refractivity contribution in [3.8, 4) is 28.1 Å². The van der Waals surface area contributed by atoms with Gasteiger partial charge in [-0.3, -0.25) is 10.1 Å². The summed E-state index contributed by atoms with van der Waals surface area (Å²) in [7, 11) is 0. The number of fused-ring (bicyclic) bond motifs is 7. The van der Waals surface area contributed by atoms with Crippen LogP contribution in [0.3, 0.4) is 0 Å². The van der Waals surface area contributed by atoms with E-state index in [-0.39, 0.29) is 5.75 Å². The standard InChI is InChI=1S/C37H42F2N4O5/c1-22-17-31-41-28-21-43(31)34(32(22)33(35(44)45)48-36(2,3)4)42-14-12-37(5,13-15-42)46-16-7-6-11-30(40)47-29-20-27(39)26(38)19-25(29)23-9-8-10-24(28)18-23/h6-10,17-21,30,33H,11-16,40H2,1-5H3,(H,44,45)/b7-6+/t30-,33+/m1/s1. The van der Waals surface area contributed by atoms with E-state index in [1.165, 1.54) is 0 Å². The third-order valence-electron chi connectivity index (χ3n) is 8.88. The van der Waals surface area contributed by atoms with E-state index in [1.807, 2.05) is 74.7 Å². The molecule has 0 spiro atoms. The number of anilines is 1. The van der Waals surface area contributed by atoms with Crippen molar-refractivity contribution in [2.75, 3.05) is 24.6 Å². The summed E-state index contributed by atoms with van der Waals surface area (Å²) in [4.78, 5) is 20.0. The molecule has 0 radical (unpaired) electrons. The van der Waals surface area contributed by atoms with Crippen LogP contribution >= 0.6 is 0 Å². The molecule has 2 atom stereocenters. The molecule has 2 aromatic heterocycles. The van der Waals surface area contributed by atoms with Gasteiger partial charge in [0.05, 0.1) is 23.5 Å². The highest BCUT2D eigenvalue weighted by molar-refractivity contribution is 5.80. The minimum Gasteiger partial charge on any atom is -0.479 e. The van der Waals surface area contributed by atoms with Crippen LogP contribution < -0.4 is 15.4 Å². The lowest BCUT2D eigenvalue weighted by Crippen LogP contribution is -2.45. The lowest BCUT2D eigenvalue weighted by molar-refractivity contribution is -0.160. The molecule has 1 saturated heterocycles. The zero-order valence-electron chi connectivity index (χ0n) is 27.9. The number of carboxylic acid groups (broad SMARTS) is 1. The molecule has 0 unspecified atom stereocenters. The van der Waals surface area contributed by atoms with Gasteiger partial charge in [-0.05, 0) is 76.8 Å². The Hall–Kier alpha value is -4.32. The van der Waals surface area contributed by atoms with Gasteiger partial charge in [0.15, 0.2) is 24.0 Å². The highest BCUT2D eigenvalue weighted by atomic mass is 19.2. The summed E-state index contributed by atoms with van der Waals surface area (Å²) < 4.78 is 49.4. The fourth-order valence-electron chi connectivity index (χ4n) is 6.41. The lowest BCUT2D eigenvalue weighted by atomic mass is 9.92. The van der Waals surface area contributed by atoms with Crippen LogP contribution in [-0.4, -0.2) is 57.6 Å². The number of piperidine rings is 1. The number of nitrogens with zero attached hydrogens (tertiary/aromatic N) is 3. The van der Waals surface area contributed by atoms with Gasteiger partial charge in [0.2, 0.25) is 0 Å². The summed E-state index contributed by atoms with van der Waals surface area (Å²) in [6.45, 7) is 11.1. The van der Waals surface area contributed by atoms with Gasteiger partial charge in [0, 0.05) is 48.5 Å². The first-order valence-corrected chi connectivity index (χ1v) is 16.2. The van der Waals surface area contributed by atoms with Gasteiger partial charge in [-0.2, -0.15) is 0 Å². The maximum atomic E-state index is 14.6. The topological polar surface area (TPSA) is 112 Å². The number of ether oxygens (including phenoxy) is 3. The van der Waals surface area contributed by atoms with Crippen LogP contribution in [0.2, 0.25) is 0 Å². The normalized spacial score (nSPS) is 21.5. The van der Waals surface area contributed by atoms with Gasteiger partial charge in [-0.15, -0.1) is 0 Å². The fraction of sp³-hybridized carbons (Fsp3) is 0.405.